The number of carbonyl (C=O) groups is 2. The smallest absolute Gasteiger partial charge is 0.325 e. The van der Waals surface area contributed by atoms with Crippen molar-refractivity contribution in [2.75, 3.05) is 13.1 Å². The molecule has 2 aromatic heterocycles. The third-order valence-electron chi connectivity index (χ3n) is 4.07. The Bertz CT molecular complexity index is 758. The van der Waals surface area contributed by atoms with E-state index in [4.69, 9.17) is 5.11 Å². The van der Waals surface area contributed by atoms with Gasteiger partial charge in [-0.2, -0.15) is 5.10 Å². The maximum Gasteiger partial charge on any atom is 0.325 e. The van der Waals surface area contributed by atoms with Crippen molar-refractivity contribution < 1.29 is 19.8 Å². The van der Waals surface area contributed by atoms with E-state index in [0.29, 0.717) is 13.1 Å². The highest BCUT2D eigenvalue weighted by atomic mass is 16.4. The van der Waals surface area contributed by atoms with Crippen LogP contribution in [0.4, 0.5) is 0 Å². The van der Waals surface area contributed by atoms with Crippen LogP contribution in [0, 0.1) is 0 Å². The molecule has 0 bridgehead atoms. The summed E-state index contributed by atoms with van der Waals surface area (Å²) >= 11 is 0. The van der Waals surface area contributed by atoms with Gasteiger partial charge in [-0.05, 0) is 31.0 Å². The number of hydrogen-bond acceptors (Lipinski definition) is 5. The average molecular weight is 330 g/mol. The predicted molar refractivity (Wildman–Crippen MR) is 83.6 cm³/mol. The fourth-order valence-electron chi connectivity index (χ4n) is 2.94. The van der Waals surface area contributed by atoms with Crippen LogP contribution in [0.5, 0.6) is 5.75 Å². The number of aromatic hydroxyl groups is 1. The van der Waals surface area contributed by atoms with Gasteiger partial charge in [-0.25, -0.2) is 4.98 Å². The maximum absolute atomic E-state index is 12.5. The number of aliphatic carboxylic acids is 1. The van der Waals surface area contributed by atoms with Crippen LogP contribution in [-0.2, 0) is 11.3 Å². The van der Waals surface area contributed by atoms with Crippen LogP contribution in [0.3, 0.4) is 0 Å². The molecule has 8 heteroatoms. The van der Waals surface area contributed by atoms with Crippen LogP contribution in [0.1, 0.15) is 34.9 Å². The summed E-state index contributed by atoms with van der Waals surface area (Å²) in [5.74, 6) is -1.34. The highest BCUT2D eigenvalue weighted by Crippen LogP contribution is 2.27. The molecule has 3 heterocycles. The van der Waals surface area contributed by atoms with Gasteiger partial charge in [-0.1, -0.05) is 0 Å². The molecule has 1 aliphatic rings. The lowest BCUT2D eigenvalue weighted by atomic mass is 9.94. The minimum atomic E-state index is -0.948. The van der Waals surface area contributed by atoms with Crippen LogP contribution in [-0.4, -0.2) is 54.8 Å². The van der Waals surface area contributed by atoms with E-state index in [9.17, 15) is 14.7 Å². The zero-order valence-electron chi connectivity index (χ0n) is 13.0. The van der Waals surface area contributed by atoms with E-state index in [2.05, 4.69) is 10.1 Å². The Labute approximate surface area is 138 Å². The first kappa shape index (κ1) is 16.0. The fourth-order valence-corrected chi connectivity index (χ4v) is 2.94. The number of pyridine rings is 1. The molecule has 2 N–H and O–H groups in total. The number of carboxylic acids is 1. The standard InChI is InChI=1S/C16H18N4O4/c21-13-4-1-6-17-15(13)16(24)19-7-2-3-11(9-19)12-5-8-20(18-12)10-14(22)23/h1,4-6,8,11,21H,2-3,7,9-10H2,(H,22,23). The van der Waals surface area contributed by atoms with Gasteiger partial charge in [-0.15, -0.1) is 0 Å². The van der Waals surface area contributed by atoms with Gasteiger partial charge in [-0.3, -0.25) is 14.3 Å². The van der Waals surface area contributed by atoms with Gasteiger partial charge in [0.2, 0.25) is 0 Å². The van der Waals surface area contributed by atoms with E-state index < -0.39 is 5.97 Å². The van der Waals surface area contributed by atoms with E-state index in [1.165, 1.54) is 16.9 Å². The molecule has 1 unspecified atom stereocenters. The number of piperidine rings is 1. The van der Waals surface area contributed by atoms with Gasteiger partial charge in [0.15, 0.2) is 5.69 Å². The molecule has 126 valence electrons. The molecule has 1 aliphatic heterocycles. The summed E-state index contributed by atoms with van der Waals surface area (Å²) in [6, 6.07) is 4.80. The van der Waals surface area contributed by atoms with Crippen molar-refractivity contribution in [3.05, 3.63) is 42.0 Å². The summed E-state index contributed by atoms with van der Waals surface area (Å²) in [5.41, 5.74) is 0.827. The molecule has 0 aliphatic carbocycles. The van der Waals surface area contributed by atoms with E-state index >= 15 is 0 Å². The van der Waals surface area contributed by atoms with Gasteiger partial charge in [0.05, 0.1) is 5.69 Å². The monoisotopic (exact) mass is 330 g/mol. The lowest BCUT2D eigenvalue weighted by Crippen LogP contribution is -2.39. The molecular formula is C16H18N4O4. The number of carbonyl (C=O) groups excluding carboxylic acids is 1. The second-order valence-corrected chi connectivity index (χ2v) is 5.79. The average Bonchev–Trinajstić information content (AvgIpc) is 3.02. The Morgan fingerprint density at radius 3 is 2.92 bits per heavy atom. The summed E-state index contributed by atoms with van der Waals surface area (Å²) in [5, 5.41) is 22.9. The summed E-state index contributed by atoms with van der Waals surface area (Å²) < 4.78 is 1.38. The third kappa shape index (κ3) is 3.37. The molecule has 3 rings (SSSR count). The number of amides is 1. The number of rotatable bonds is 4. The van der Waals surface area contributed by atoms with Crippen molar-refractivity contribution in [1.82, 2.24) is 19.7 Å². The second-order valence-electron chi connectivity index (χ2n) is 5.79. The Morgan fingerprint density at radius 1 is 1.33 bits per heavy atom. The first-order valence-corrected chi connectivity index (χ1v) is 7.73. The lowest BCUT2D eigenvalue weighted by Gasteiger charge is -2.31. The van der Waals surface area contributed by atoms with Crippen LogP contribution >= 0.6 is 0 Å². The molecule has 0 aromatic carbocycles. The summed E-state index contributed by atoms with van der Waals surface area (Å²) in [4.78, 5) is 28.9. The highest BCUT2D eigenvalue weighted by molar-refractivity contribution is 5.94. The van der Waals surface area contributed by atoms with E-state index in [-0.39, 0.29) is 29.8 Å². The van der Waals surface area contributed by atoms with Gasteiger partial charge < -0.3 is 15.1 Å². The van der Waals surface area contributed by atoms with Crippen molar-refractivity contribution >= 4 is 11.9 Å². The zero-order valence-corrected chi connectivity index (χ0v) is 13.0. The topological polar surface area (TPSA) is 109 Å². The van der Waals surface area contributed by atoms with Crippen LogP contribution in [0.2, 0.25) is 0 Å². The fraction of sp³-hybridized carbons (Fsp3) is 0.375. The molecule has 8 nitrogen and oxygen atoms in total. The van der Waals surface area contributed by atoms with E-state index in [0.717, 1.165) is 18.5 Å². The van der Waals surface area contributed by atoms with Crippen LogP contribution in [0.25, 0.3) is 0 Å². The zero-order chi connectivity index (χ0) is 17.1. The Hall–Kier alpha value is -2.90. The minimum absolute atomic E-state index is 0.0450. The second kappa shape index (κ2) is 6.69. The Balaban J connectivity index is 1.72. The number of nitrogens with zero attached hydrogens (tertiary/aromatic N) is 4. The largest absolute Gasteiger partial charge is 0.505 e. The molecule has 0 radical (unpaired) electrons. The van der Waals surface area contributed by atoms with Crippen molar-refractivity contribution in [1.29, 1.82) is 0 Å². The van der Waals surface area contributed by atoms with Crippen molar-refractivity contribution in [3.8, 4) is 5.75 Å². The number of likely N-dealkylation sites (tertiary alicyclic amines) is 1. The Kier molecular flexibility index (Phi) is 4.45. The summed E-state index contributed by atoms with van der Waals surface area (Å²) in [6.07, 6.45) is 4.80. The van der Waals surface area contributed by atoms with Crippen LogP contribution < -0.4 is 0 Å². The van der Waals surface area contributed by atoms with Crippen molar-refractivity contribution in [2.24, 2.45) is 0 Å². The number of aromatic nitrogens is 3. The highest BCUT2D eigenvalue weighted by Gasteiger charge is 2.28. The summed E-state index contributed by atoms with van der Waals surface area (Å²) in [7, 11) is 0. The van der Waals surface area contributed by atoms with Crippen molar-refractivity contribution in [2.45, 2.75) is 25.3 Å². The summed E-state index contributed by atoms with van der Waals surface area (Å²) in [6.45, 7) is 0.886. The molecule has 1 atom stereocenters. The molecule has 1 saturated heterocycles. The van der Waals surface area contributed by atoms with Gasteiger partial charge >= 0.3 is 5.97 Å². The van der Waals surface area contributed by atoms with E-state index in [1.807, 2.05) is 0 Å². The first-order chi connectivity index (χ1) is 11.5. The molecule has 1 fully saturated rings. The quantitative estimate of drug-likeness (QED) is 0.868. The molecule has 2 aromatic rings. The van der Waals surface area contributed by atoms with Crippen LogP contribution in [0.15, 0.2) is 30.6 Å². The molecule has 0 saturated carbocycles. The number of carboxylic acid groups (broad SMARTS) is 1. The molecule has 0 spiro atoms. The van der Waals surface area contributed by atoms with Gasteiger partial charge in [0.25, 0.3) is 5.91 Å². The first-order valence-electron chi connectivity index (χ1n) is 7.73. The normalized spacial score (nSPS) is 17.7. The number of hydrogen-bond donors (Lipinski definition) is 2. The minimum Gasteiger partial charge on any atom is -0.505 e. The SMILES string of the molecule is O=C(O)Cn1ccc(C2CCCN(C(=O)c3ncccc3O)C2)n1. The maximum atomic E-state index is 12.5. The van der Waals surface area contributed by atoms with Gasteiger partial charge in [0, 0.05) is 31.4 Å². The molecular weight excluding hydrogens is 312 g/mol. The molecule has 1 amide bonds. The Morgan fingerprint density at radius 2 is 2.17 bits per heavy atom. The lowest BCUT2D eigenvalue weighted by molar-refractivity contribution is -0.137. The third-order valence-corrected chi connectivity index (χ3v) is 4.07. The van der Waals surface area contributed by atoms with E-state index in [1.54, 1.807) is 23.2 Å². The van der Waals surface area contributed by atoms with Crippen molar-refractivity contribution in [3.63, 3.8) is 0 Å². The predicted octanol–water partition coefficient (Wildman–Crippen LogP) is 1.09. The molecule has 24 heavy (non-hydrogen) atoms. The van der Waals surface area contributed by atoms with Gasteiger partial charge in [0.1, 0.15) is 12.3 Å².